The van der Waals surface area contributed by atoms with Crippen molar-refractivity contribution >= 4 is 15.7 Å². The van der Waals surface area contributed by atoms with Crippen LogP contribution in [-0.2, 0) is 10.0 Å². The van der Waals surface area contributed by atoms with E-state index in [0.717, 1.165) is 24.6 Å². The van der Waals surface area contributed by atoms with Crippen molar-refractivity contribution in [1.82, 2.24) is 9.88 Å². The van der Waals surface area contributed by atoms with Gasteiger partial charge < -0.3 is 9.42 Å². The van der Waals surface area contributed by atoms with Gasteiger partial charge in [0, 0.05) is 24.8 Å². The summed E-state index contributed by atoms with van der Waals surface area (Å²) in [5, 5.41) is 3.73. The van der Waals surface area contributed by atoms with Crippen LogP contribution in [0.25, 0.3) is 0 Å². The van der Waals surface area contributed by atoms with Crippen LogP contribution in [0.5, 0.6) is 0 Å². The van der Waals surface area contributed by atoms with E-state index < -0.39 is 10.0 Å². The summed E-state index contributed by atoms with van der Waals surface area (Å²) in [6, 6.07) is 7.80. The first-order chi connectivity index (χ1) is 12.3. The lowest BCUT2D eigenvalue weighted by Gasteiger charge is -2.32. The molecule has 0 amide bonds. The van der Waals surface area contributed by atoms with Gasteiger partial charge in [0.05, 0.1) is 0 Å². The topological polar surface area (TPSA) is 75.4 Å². The van der Waals surface area contributed by atoms with E-state index in [4.69, 9.17) is 4.52 Å². The number of benzene rings is 1. The summed E-state index contributed by atoms with van der Waals surface area (Å²) < 4.78 is 33.0. The number of anilines is 1. The van der Waals surface area contributed by atoms with Crippen molar-refractivity contribution in [2.45, 2.75) is 51.5 Å². The van der Waals surface area contributed by atoms with Crippen molar-refractivity contribution < 1.29 is 12.9 Å². The van der Waals surface area contributed by atoms with Crippen LogP contribution in [0.2, 0.25) is 0 Å². The highest BCUT2D eigenvalue weighted by Gasteiger charge is 2.26. The van der Waals surface area contributed by atoms with Crippen LogP contribution >= 0.6 is 0 Å². The molecule has 1 aliphatic heterocycles. The van der Waals surface area contributed by atoms with Crippen LogP contribution in [0.1, 0.15) is 49.7 Å². The zero-order valence-corrected chi connectivity index (χ0v) is 16.6. The monoisotopic (exact) mass is 377 g/mol. The normalized spacial score (nSPS) is 17.5. The molecule has 1 aromatic heterocycles. The van der Waals surface area contributed by atoms with Gasteiger partial charge in [-0.05, 0) is 57.2 Å². The number of nitrogens with zero attached hydrogens (tertiary/aromatic N) is 2. The van der Waals surface area contributed by atoms with Crippen LogP contribution in [0.15, 0.2) is 33.7 Å². The van der Waals surface area contributed by atoms with E-state index >= 15 is 0 Å². The number of rotatable bonds is 5. The van der Waals surface area contributed by atoms with E-state index in [2.05, 4.69) is 33.8 Å². The molecule has 2 aromatic rings. The van der Waals surface area contributed by atoms with Crippen LogP contribution in [0.4, 0.5) is 5.69 Å². The lowest BCUT2D eigenvalue weighted by atomic mass is 9.98. The Balaban J connectivity index is 1.71. The third kappa shape index (κ3) is 3.94. The fourth-order valence-electron chi connectivity index (χ4n) is 3.46. The summed E-state index contributed by atoms with van der Waals surface area (Å²) in [5.74, 6) is 1.10. The molecule has 1 aromatic carbocycles. The molecule has 3 rings (SSSR count). The third-order valence-electron chi connectivity index (χ3n) is 5.11. The van der Waals surface area contributed by atoms with E-state index in [1.165, 1.54) is 18.5 Å². The zero-order valence-electron chi connectivity index (χ0n) is 15.8. The molecule has 26 heavy (non-hydrogen) atoms. The number of piperidine rings is 1. The van der Waals surface area contributed by atoms with Gasteiger partial charge in [0.25, 0.3) is 0 Å². The predicted molar refractivity (Wildman–Crippen MR) is 102 cm³/mol. The standard InChI is InChI=1S/C19H27N3O3S/c1-13-9-11-22(12-10-13)18-7-5-17(6-8-18)14(2)21-26(23,24)19-15(3)20-25-16(19)4/h5-8,13-14,21H,9-12H2,1-4H3/t14-/m1/s1. The van der Waals surface area contributed by atoms with Crippen LogP contribution in [-0.4, -0.2) is 26.7 Å². The third-order valence-corrected chi connectivity index (χ3v) is 6.89. The number of sulfonamides is 1. The smallest absolute Gasteiger partial charge is 0.246 e. The number of nitrogens with one attached hydrogen (secondary N) is 1. The lowest BCUT2D eigenvalue weighted by Crippen LogP contribution is -2.32. The number of hydrogen-bond donors (Lipinski definition) is 1. The van der Waals surface area contributed by atoms with E-state index in [1.807, 2.05) is 19.1 Å². The van der Waals surface area contributed by atoms with Crippen LogP contribution in [0.3, 0.4) is 0 Å². The summed E-state index contributed by atoms with van der Waals surface area (Å²) in [5.41, 5.74) is 2.49. The fourth-order valence-corrected chi connectivity index (χ4v) is 5.02. The molecule has 6 nitrogen and oxygen atoms in total. The largest absolute Gasteiger partial charge is 0.372 e. The Bertz CT molecular complexity index is 831. The molecular weight excluding hydrogens is 350 g/mol. The van der Waals surface area contributed by atoms with Gasteiger partial charge in [-0.2, -0.15) is 0 Å². The van der Waals surface area contributed by atoms with Gasteiger partial charge in [-0.15, -0.1) is 0 Å². The Morgan fingerprint density at radius 2 is 1.81 bits per heavy atom. The SMILES string of the molecule is Cc1noc(C)c1S(=O)(=O)N[C@H](C)c1ccc(N2CCC(C)CC2)cc1. The first-order valence-corrected chi connectivity index (χ1v) is 10.6. The Kier molecular flexibility index (Phi) is 5.39. The molecule has 0 bridgehead atoms. The highest BCUT2D eigenvalue weighted by Crippen LogP contribution is 2.26. The quantitative estimate of drug-likeness (QED) is 0.862. The van der Waals surface area contributed by atoms with Gasteiger partial charge in [-0.25, -0.2) is 13.1 Å². The second-order valence-electron chi connectivity index (χ2n) is 7.26. The van der Waals surface area contributed by atoms with E-state index in [-0.39, 0.29) is 10.9 Å². The number of hydrogen-bond acceptors (Lipinski definition) is 5. The zero-order chi connectivity index (χ0) is 18.9. The van der Waals surface area contributed by atoms with Gasteiger partial charge in [-0.1, -0.05) is 24.2 Å². The first kappa shape index (κ1) is 18.9. The number of aromatic nitrogens is 1. The fraction of sp³-hybridized carbons (Fsp3) is 0.526. The average molecular weight is 378 g/mol. The summed E-state index contributed by atoms with van der Waals surface area (Å²) in [6.07, 6.45) is 2.44. The first-order valence-electron chi connectivity index (χ1n) is 9.08. The molecule has 1 atom stereocenters. The molecule has 142 valence electrons. The maximum absolute atomic E-state index is 12.6. The van der Waals surface area contributed by atoms with E-state index in [9.17, 15) is 8.42 Å². The maximum Gasteiger partial charge on any atom is 0.246 e. The van der Waals surface area contributed by atoms with Crippen molar-refractivity contribution in [3.05, 3.63) is 41.3 Å². The van der Waals surface area contributed by atoms with Crippen molar-refractivity contribution in [3.63, 3.8) is 0 Å². The molecule has 1 saturated heterocycles. The second-order valence-corrected chi connectivity index (χ2v) is 8.91. The maximum atomic E-state index is 12.6. The molecule has 0 aliphatic carbocycles. The summed E-state index contributed by atoms with van der Waals surface area (Å²) >= 11 is 0. The van der Waals surface area contributed by atoms with E-state index in [1.54, 1.807) is 13.8 Å². The van der Waals surface area contributed by atoms with Gasteiger partial charge in [0.2, 0.25) is 10.0 Å². The van der Waals surface area contributed by atoms with Gasteiger partial charge in [0.1, 0.15) is 10.6 Å². The predicted octanol–water partition coefficient (Wildman–Crippen LogP) is 3.57. The molecule has 0 spiro atoms. The minimum Gasteiger partial charge on any atom is -0.372 e. The molecule has 0 unspecified atom stereocenters. The van der Waals surface area contributed by atoms with E-state index in [0.29, 0.717) is 11.5 Å². The lowest BCUT2D eigenvalue weighted by molar-refractivity contribution is 0.390. The summed E-state index contributed by atoms with van der Waals surface area (Å²) in [6.45, 7) is 9.53. The molecular formula is C19H27N3O3S. The molecule has 1 aliphatic rings. The van der Waals surface area contributed by atoms with Gasteiger partial charge in [-0.3, -0.25) is 0 Å². The second kappa shape index (κ2) is 7.40. The number of aryl methyl sites for hydroxylation is 2. The van der Waals surface area contributed by atoms with Gasteiger partial charge >= 0.3 is 0 Å². The Hall–Kier alpha value is -1.86. The highest BCUT2D eigenvalue weighted by molar-refractivity contribution is 7.89. The Morgan fingerprint density at radius 1 is 1.19 bits per heavy atom. The summed E-state index contributed by atoms with van der Waals surface area (Å²) in [7, 11) is -3.68. The average Bonchev–Trinajstić information content (AvgIpc) is 2.95. The Labute approximate surface area is 155 Å². The molecule has 1 fully saturated rings. The molecule has 2 heterocycles. The van der Waals surface area contributed by atoms with Crippen molar-refractivity contribution in [1.29, 1.82) is 0 Å². The van der Waals surface area contributed by atoms with Crippen LogP contribution < -0.4 is 9.62 Å². The molecule has 0 radical (unpaired) electrons. The van der Waals surface area contributed by atoms with Crippen molar-refractivity contribution in [3.8, 4) is 0 Å². The summed E-state index contributed by atoms with van der Waals surface area (Å²) in [4.78, 5) is 2.52. The highest BCUT2D eigenvalue weighted by atomic mass is 32.2. The molecule has 0 saturated carbocycles. The van der Waals surface area contributed by atoms with Crippen LogP contribution in [0, 0.1) is 19.8 Å². The minimum absolute atomic E-state index is 0.128. The van der Waals surface area contributed by atoms with Crippen molar-refractivity contribution in [2.75, 3.05) is 18.0 Å². The molecule has 7 heteroatoms. The van der Waals surface area contributed by atoms with Gasteiger partial charge in [0.15, 0.2) is 5.76 Å². The minimum atomic E-state index is -3.68. The molecule has 1 N–H and O–H groups in total. The van der Waals surface area contributed by atoms with Crippen molar-refractivity contribution in [2.24, 2.45) is 5.92 Å². The Morgan fingerprint density at radius 3 is 2.35 bits per heavy atom.